The molecule has 35 heavy (non-hydrogen) atoms. The molecule has 0 aromatic heterocycles. The van der Waals surface area contributed by atoms with E-state index in [1.807, 2.05) is 43.3 Å². The summed E-state index contributed by atoms with van der Waals surface area (Å²) < 4.78 is 10.8. The van der Waals surface area contributed by atoms with Crippen molar-refractivity contribution < 1.29 is 23.9 Å². The predicted octanol–water partition coefficient (Wildman–Crippen LogP) is 5.50. The minimum atomic E-state index is -0.457. The van der Waals surface area contributed by atoms with Crippen LogP contribution in [0.1, 0.15) is 44.7 Å². The van der Waals surface area contributed by atoms with Gasteiger partial charge in [-0.3, -0.25) is 14.4 Å². The van der Waals surface area contributed by atoms with Crippen LogP contribution in [0.25, 0.3) is 10.8 Å². The number of hydrogen-bond acceptors (Lipinski definition) is 5. The number of esters is 1. The number of hydrogen-bond donors (Lipinski definition) is 0. The summed E-state index contributed by atoms with van der Waals surface area (Å²) >= 11 is 0. The number of ether oxygens (including phenoxy) is 2. The standard InChI is InChI=1S/C29H23NO5/c1-18(20-10-11-22-16-24(34-2)13-12-21(22)15-20)29(33)35-17-19-6-5-7-23(14-19)30-27(31)25-8-3-4-9-26(25)28(30)32/h3-16,18H,17H2,1-2H3. The molecule has 0 N–H and O–H groups in total. The largest absolute Gasteiger partial charge is 0.497 e. The van der Waals surface area contributed by atoms with E-state index in [4.69, 9.17) is 9.47 Å². The molecule has 1 aliphatic heterocycles. The second-order valence-corrected chi connectivity index (χ2v) is 8.46. The van der Waals surface area contributed by atoms with E-state index >= 15 is 0 Å². The first-order valence-corrected chi connectivity index (χ1v) is 11.3. The molecule has 6 heteroatoms. The molecule has 5 rings (SSSR count). The molecular weight excluding hydrogens is 442 g/mol. The van der Waals surface area contributed by atoms with Crippen LogP contribution in [0.3, 0.4) is 0 Å². The topological polar surface area (TPSA) is 72.9 Å². The van der Waals surface area contributed by atoms with Crippen LogP contribution in [-0.4, -0.2) is 24.9 Å². The third kappa shape index (κ3) is 4.15. The van der Waals surface area contributed by atoms with Crippen LogP contribution < -0.4 is 9.64 Å². The number of carbonyl (C=O) groups excluding carboxylic acids is 3. The summed E-state index contributed by atoms with van der Waals surface area (Å²) in [6.07, 6.45) is 0. The van der Waals surface area contributed by atoms with Gasteiger partial charge in [-0.25, -0.2) is 4.90 Å². The lowest BCUT2D eigenvalue weighted by atomic mass is 9.98. The maximum atomic E-state index is 12.8. The van der Waals surface area contributed by atoms with Crippen molar-refractivity contribution in [2.24, 2.45) is 0 Å². The molecule has 0 bridgehead atoms. The summed E-state index contributed by atoms with van der Waals surface area (Å²) in [5.74, 6) is -0.754. The second kappa shape index (κ2) is 9.06. The van der Waals surface area contributed by atoms with E-state index in [-0.39, 0.29) is 24.4 Å². The minimum absolute atomic E-state index is 0.0327. The van der Waals surface area contributed by atoms with Gasteiger partial charge in [-0.05, 0) is 65.2 Å². The highest BCUT2D eigenvalue weighted by Gasteiger charge is 2.36. The van der Waals surface area contributed by atoms with Crippen molar-refractivity contribution in [3.63, 3.8) is 0 Å². The highest BCUT2D eigenvalue weighted by molar-refractivity contribution is 6.34. The van der Waals surface area contributed by atoms with Gasteiger partial charge in [0.15, 0.2) is 0 Å². The Morgan fingerprint density at radius 1 is 0.829 bits per heavy atom. The van der Waals surface area contributed by atoms with Gasteiger partial charge in [-0.2, -0.15) is 0 Å². The van der Waals surface area contributed by atoms with Crippen LogP contribution in [0, 0.1) is 0 Å². The first kappa shape index (κ1) is 22.3. The Morgan fingerprint density at radius 3 is 2.23 bits per heavy atom. The van der Waals surface area contributed by atoms with Crippen molar-refractivity contribution in [2.75, 3.05) is 12.0 Å². The Morgan fingerprint density at radius 2 is 1.51 bits per heavy atom. The van der Waals surface area contributed by atoms with Crippen molar-refractivity contribution in [2.45, 2.75) is 19.4 Å². The van der Waals surface area contributed by atoms with Crippen LogP contribution >= 0.6 is 0 Å². The number of nitrogens with zero attached hydrogens (tertiary/aromatic N) is 1. The van der Waals surface area contributed by atoms with Gasteiger partial charge in [0.1, 0.15) is 12.4 Å². The fourth-order valence-corrected chi connectivity index (χ4v) is 4.26. The highest BCUT2D eigenvalue weighted by atomic mass is 16.5. The van der Waals surface area contributed by atoms with Crippen molar-refractivity contribution in [3.05, 3.63) is 107 Å². The number of benzene rings is 4. The molecule has 0 spiro atoms. The number of imide groups is 1. The summed E-state index contributed by atoms with van der Waals surface area (Å²) in [6.45, 7) is 1.84. The quantitative estimate of drug-likeness (QED) is 0.278. The van der Waals surface area contributed by atoms with Gasteiger partial charge in [-0.1, -0.05) is 48.5 Å². The Kier molecular flexibility index (Phi) is 5.79. The van der Waals surface area contributed by atoms with Gasteiger partial charge in [0.05, 0.1) is 29.8 Å². The number of fused-ring (bicyclic) bond motifs is 2. The Balaban J connectivity index is 1.28. The number of carbonyl (C=O) groups is 3. The molecule has 0 saturated carbocycles. The highest BCUT2D eigenvalue weighted by Crippen LogP contribution is 2.29. The van der Waals surface area contributed by atoms with Crippen molar-refractivity contribution in [1.29, 1.82) is 0 Å². The number of amides is 2. The molecule has 6 nitrogen and oxygen atoms in total. The maximum absolute atomic E-state index is 12.8. The lowest BCUT2D eigenvalue weighted by Crippen LogP contribution is -2.29. The Labute approximate surface area is 202 Å². The molecule has 1 heterocycles. The molecular formula is C29H23NO5. The normalized spacial score (nSPS) is 13.6. The molecule has 0 radical (unpaired) electrons. The van der Waals surface area contributed by atoms with Crippen molar-refractivity contribution >= 4 is 34.2 Å². The van der Waals surface area contributed by atoms with E-state index in [1.54, 1.807) is 55.6 Å². The van der Waals surface area contributed by atoms with E-state index in [0.717, 1.165) is 27.0 Å². The van der Waals surface area contributed by atoms with Crippen LogP contribution in [0.2, 0.25) is 0 Å². The lowest BCUT2D eigenvalue weighted by Gasteiger charge is -2.16. The smallest absolute Gasteiger partial charge is 0.313 e. The molecule has 174 valence electrons. The Hall–Kier alpha value is -4.45. The summed E-state index contributed by atoms with van der Waals surface area (Å²) in [5, 5.41) is 2.04. The fourth-order valence-electron chi connectivity index (χ4n) is 4.26. The van der Waals surface area contributed by atoms with Crippen LogP contribution in [-0.2, 0) is 16.1 Å². The van der Waals surface area contributed by atoms with Crippen LogP contribution in [0.5, 0.6) is 5.75 Å². The van der Waals surface area contributed by atoms with Gasteiger partial charge in [-0.15, -0.1) is 0 Å². The third-order valence-electron chi connectivity index (χ3n) is 6.27. The summed E-state index contributed by atoms with van der Waals surface area (Å²) in [7, 11) is 1.63. The van der Waals surface area contributed by atoms with E-state index < -0.39 is 5.92 Å². The molecule has 1 atom stereocenters. The van der Waals surface area contributed by atoms with E-state index in [0.29, 0.717) is 22.4 Å². The van der Waals surface area contributed by atoms with Gasteiger partial charge < -0.3 is 9.47 Å². The zero-order valence-electron chi connectivity index (χ0n) is 19.4. The van der Waals surface area contributed by atoms with Crippen molar-refractivity contribution in [1.82, 2.24) is 0 Å². The third-order valence-corrected chi connectivity index (χ3v) is 6.27. The molecule has 1 aliphatic rings. The molecule has 2 amide bonds. The first-order chi connectivity index (χ1) is 17.0. The lowest BCUT2D eigenvalue weighted by molar-refractivity contribution is -0.146. The van der Waals surface area contributed by atoms with Gasteiger partial charge in [0.2, 0.25) is 0 Å². The van der Waals surface area contributed by atoms with Gasteiger partial charge in [0.25, 0.3) is 11.8 Å². The second-order valence-electron chi connectivity index (χ2n) is 8.46. The summed E-state index contributed by atoms with van der Waals surface area (Å²) in [6, 6.07) is 25.3. The van der Waals surface area contributed by atoms with Crippen LogP contribution in [0.15, 0.2) is 84.9 Å². The monoisotopic (exact) mass is 465 g/mol. The van der Waals surface area contributed by atoms with Crippen LogP contribution in [0.4, 0.5) is 5.69 Å². The summed E-state index contributed by atoms with van der Waals surface area (Å²) in [5.41, 5.74) is 2.76. The van der Waals surface area contributed by atoms with E-state index in [2.05, 4.69) is 0 Å². The average Bonchev–Trinajstić information content (AvgIpc) is 3.16. The molecule has 4 aromatic rings. The number of methoxy groups -OCH3 is 1. The maximum Gasteiger partial charge on any atom is 0.313 e. The molecule has 0 saturated heterocycles. The van der Waals surface area contributed by atoms with Gasteiger partial charge in [0, 0.05) is 0 Å². The molecule has 0 aliphatic carbocycles. The zero-order valence-corrected chi connectivity index (χ0v) is 19.4. The fraction of sp³-hybridized carbons (Fsp3) is 0.138. The first-order valence-electron chi connectivity index (χ1n) is 11.3. The zero-order chi connectivity index (χ0) is 24.5. The van der Waals surface area contributed by atoms with E-state index in [9.17, 15) is 14.4 Å². The summed E-state index contributed by atoms with van der Waals surface area (Å²) in [4.78, 5) is 39.5. The molecule has 4 aromatic carbocycles. The van der Waals surface area contributed by atoms with E-state index in [1.165, 1.54) is 0 Å². The van der Waals surface area contributed by atoms with Crippen molar-refractivity contribution in [3.8, 4) is 5.75 Å². The number of anilines is 1. The Bertz CT molecular complexity index is 1440. The molecule has 1 unspecified atom stereocenters. The number of rotatable bonds is 6. The SMILES string of the molecule is COc1ccc2cc(C(C)C(=O)OCc3cccc(N4C(=O)c5ccccc5C4=O)c3)ccc2c1. The molecule has 0 fully saturated rings. The van der Waals surface area contributed by atoms with Gasteiger partial charge >= 0.3 is 5.97 Å². The predicted molar refractivity (Wildman–Crippen MR) is 133 cm³/mol. The average molecular weight is 466 g/mol. The minimum Gasteiger partial charge on any atom is -0.497 e.